The van der Waals surface area contributed by atoms with Crippen LogP contribution in [0.3, 0.4) is 0 Å². The highest BCUT2D eigenvalue weighted by Gasteiger charge is 2.17. The first-order chi connectivity index (χ1) is 6.27. The molecule has 3 heteroatoms. The zero-order valence-electron chi connectivity index (χ0n) is 7.19. The van der Waals surface area contributed by atoms with Crippen molar-refractivity contribution in [1.29, 1.82) is 0 Å². The Morgan fingerprint density at radius 1 is 1.46 bits per heavy atom. The molecule has 1 N–H and O–H groups in total. The summed E-state index contributed by atoms with van der Waals surface area (Å²) in [5.74, 6) is 0. The van der Waals surface area contributed by atoms with Crippen LogP contribution < -0.4 is 5.32 Å². The van der Waals surface area contributed by atoms with Crippen LogP contribution in [0.5, 0.6) is 0 Å². The molecule has 0 aliphatic carbocycles. The second kappa shape index (κ2) is 4.15. The lowest BCUT2D eigenvalue weighted by atomic mass is 10.1. The summed E-state index contributed by atoms with van der Waals surface area (Å²) in [6.07, 6.45) is 2.53. The Morgan fingerprint density at radius 2 is 2.31 bits per heavy atom. The van der Waals surface area contributed by atoms with Gasteiger partial charge in [0.05, 0.1) is 0 Å². The van der Waals surface area contributed by atoms with E-state index in [9.17, 15) is 0 Å². The molecule has 0 amide bonds. The highest BCUT2D eigenvalue weighted by atomic mass is 127. The summed E-state index contributed by atoms with van der Waals surface area (Å²) >= 11 is 8.25. The van der Waals surface area contributed by atoms with Gasteiger partial charge >= 0.3 is 0 Å². The molecule has 1 aromatic rings. The molecular formula is C10H11ClIN. The van der Waals surface area contributed by atoms with Crippen LogP contribution in [-0.4, -0.2) is 6.54 Å². The highest BCUT2D eigenvalue weighted by Crippen LogP contribution is 2.28. The van der Waals surface area contributed by atoms with Gasteiger partial charge in [-0.2, -0.15) is 0 Å². The van der Waals surface area contributed by atoms with Gasteiger partial charge in [0.25, 0.3) is 0 Å². The van der Waals surface area contributed by atoms with E-state index in [-0.39, 0.29) is 0 Å². The minimum atomic E-state index is 0.546. The topological polar surface area (TPSA) is 12.0 Å². The molecule has 0 unspecified atom stereocenters. The van der Waals surface area contributed by atoms with Crippen molar-refractivity contribution in [3.05, 3.63) is 32.4 Å². The highest BCUT2D eigenvalue weighted by molar-refractivity contribution is 14.1. The van der Waals surface area contributed by atoms with Crippen molar-refractivity contribution in [1.82, 2.24) is 5.32 Å². The quantitative estimate of drug-likeness (QED) is 0.785. The zero-order valence-corrected chi connectivity index (χ0v) is 10.1. The maximum atomic E-state index is 5.90. The molecule has 1 aromatic carbocycles. The van der Waals surface area contributed by atoms with E-state index in [0.717, 1.165) is 11.6 Å². The molecule has 13 heavy (non-hydrogen) atoms. The number of hydrogen-bond acceptors (Lipinski definition) is 1. The van der Waals surface area contributed by atoms with Gasteiger partial charge in [0.1, 0.15) is 0 Å². The Kier molecular flexibility index (Phi) is 3.11. The normalized spacial score (nSPS) is 22.2. The van der Waals surface area contributed by atoms with Crippen LogP contribution in [0.15, 0.2) is 18.2 Å². The molecule has 0 spiro atoms. The number of nitrogens with one attached hydrogen (secondary N) is 1. The maximum Gasteiger partial charge on any atom is 0.0416 e. The van der Waals surface area contributed by atoms with Crippen molar-refractivity contribution < 1.29 is 0 Å². The van der Waals surface area contributed by atoms with Crippen LogP contribution in [0.2, 0.25) is 5.02 Å². The van der Waals surface area contributed by atoms with Crippen molar-refractivity contribution in [2.24, 2.45) is 0 Å². The summed E-state index contributed by atoms with van der Waals surface area (Å²) in [4.78, 5) is 0. The molecule has 1 heterocycles. The van der Waals surface area contributed by atoms with Gasteiger partial charge < -0.3 is 5.32 Å². The molecular weight excluding hydrogens is 296 g/mol. The third-order valence-corrected chi connectivity index (χ3v) is 3.57. The largest absolute Gasteiger partial charge is 0.310 e. The molecule has 1 atom stereocenters. The van der Waals surface area contributed by atoms with Crippen molar-refractivity contribution >= 4 is 34.2 Å². The molecule has 2 rings (SSSR count). The molecule has 1 aliphatic rings. The Labute approximate surface area is 97.0 Å². The monoisotopic (exact) mass is 307 g/mol. The Balaban J connectivity index is 2.29. The predicted octanol–water partition coefficient (Wildman–Crippen LogP) is 3.37. The SMILES string of the molecule is Clc1ccc([C@H]2CCCN2)c(I)c1. The van der Waals surface area contributed by atoms with Crippen molar-refractivity contribution in [2.45, 2.75) is 18.9 Å². The summed E-state index contributed by atoms with van der Waals surface area (Å²) in [5, 5.41) is 4.31. The van der Waals surface area contributed by atoms with Crippen molar-refractivity contribution in [3.63, 3.8) is 0 Å². The number of halogens is 2. The fraction of sp³-hybridized carbons (Fsp3) is 0.400. The van der Waals surface area contributed by atoms with Crippen LogP contribution in [0.1, 0.15) is 24.4 Å². The van der Waals surface area contributed by atoms with Crippen LogP contribution in [0, 0.1) is 3.57 Å². The van der Waals surface area contributed by atoms with Crippen molar-refractivity contribution in [3.8, 4) is 0 Å². The van der Waals surface area contributed by atoms with Gasteiger partial charge in [-0.05, 0) is 59.7 Å². The molecule has 0 saturated carbocycles. The average molecular weight is 308 g/mol. The van der Waals surface area contributed by atoms with Gasteiger partial charge in [0.2, 0.25) is 0 Å². The van der Waals surface area contributed by atoms with E-state index in [1.165, 1.54) is 22.0 Å². The van der Waals surface area contributed by atoms with Crippen LogP contribution in [0.4, 0.5) is 0 Å². The van der Waals surface area contributed by atoms with E-state index in [1.807, 2.05) is 12.1 Å². The van der Waals surface area contributed by atoms with Crippen LogP contribution in [0.25, 0.3) is 0 Å². The number of benzene rings is 1. The predicted molar refractivity (Wildman–Crippen MR) is 64.1 cm³/mol. The lowest BCUT2D eigenvalue weighted by Crippen LogP contribution is -2.13. The van der Waals surface area contributed by atoms with E-state index < -0.39 is 0 Å². The second-order valence-electron chi connectivity index (χ2n) is 3.31. The second-order valence-corrected chi connectivity index (χ2v) is 4.91. The molecule has 1 saturated heterocycles. The number of hydrogen-bond donors (Lipinski definition) is 1. The van der Waals surface area contributed by atoms with Gasteiger partial charge in [-0.1, -0.05) is 17.7 Å². The minimum Gasteiger partial charge on any atom is -0.310 e. The first-order valence-electron chi connectivity index (χ1n) is 4.46. The molecule has 0 radical (unpaired) electrons. The summed E-state index contributed by atoms with van der Waals surface area (Å²) in [5.41, 5.74) is 1.39. The maximum absolute atomic E-state index is 5.90. The first kappa shape index (κ1) is 9.74. The van der Waals surface area contributed by atoms with E-state index >= 15 is 0 Å². The van der Waals surface area contributed by atoms with Gasteiger partial charge in [-0.25, -0.2) is 0 Å². The van der Waals surface area contributed by atoms with E-state index in [0.29, 0.717) is 6.04 Å². The lowest BCUT2D eigenvalue weighted by Gasteiger charge is -2.12. The summed E-state index contributed by atoms with van der Waals surface area (Å²) in [6, 6.07) is 6.67. The Bertz CT molecular complexity index is 308. The standard InChI is InChI=1S/C10H11ClIN/c11-7-3-4-8(9(12)6-7)10-2-1-5-13-10/h3-4,6,10,13H,1-2,5H2/t10-/m1/s1. The summed E-state index contributed by atoms with van der Waals surface area (Å²) in [7, 11) is 0. The molecule has 1 fully saturated rings. The van der Waals surface area contributed by atoms with Gasteiger partial charge in [-0.3, -0.25) is 0 Å². The fourth-order valence-corrected chi connectivity index (χ4v) is 2.98. The fourth-order valence-electron chi connectivity index (χ4n) is 1.73. The van der Waals surface area contributed by atoms with E-state index in [1.54, 1.807) is 0 Å². The lowest BCUT2D eigenvalue weighted by molar-refractivity contribution is 0.644. The first-order valence-corrected chi connectivity index (χ1v) is 5.91. The smallest absolute Gasteiger partial charge is 0.0416 e. The molecule has 1 nitrogen and oxygen atoms in total. The molecule has 1 aliphatic heterocycles. The van der Waals surface area contributed by atoms with Crippen LogP contribution in [-0.2, 0) is 0 Å². The Hall–Kier alpha value is 0.200. The molecule has 0 aromatic heterocycles. The Morgan fingerprint density at radius 3 is 2.92 bits per heavy atom. The summed E-state index contributed by atoms with van der Waals surface area (Å²) in [6.45, 7) is 1.14. The van der Waals surface area contributed by atoms with E-state index in [2.05, 4.69) is 34.0 Å². The van der Waals surface area contributed by atoms with Gasteiger partial charge in [-0.15, -0.1) is 0 Å². The third-order valence-electron chi connectivity index (χ3n) is 2.40. The van der Waals surface area contributed by atoms with Crippen molar-refractivity contribution in [2.75, 3.05) is 6.54 Å². The van der Waals surface area contributed by atoms with Crippen LogP contribution >= 0.6 is 34.2 Å². The average Bonchev–Trinajstić information content (AvgIpc) is 2.56. The van der Waals surface area contributed by atoms with E-state index in [4.69, 9.17) is 11.6 Å². The summed E-state index contributed by atoms with van der Waals surface area (Å²) < 4.78 is 1.27. The van der Waals surface area contributed by atoms with Gasteiger partial charge in [0, 0.05) is 14.6 Å². The minimum absolute atomic E-state index is 0.546. The number of rotatable bonds is 1. The third kappa shape index (κ3) is 2.17. The molecule has 0 bridgehead atoms. The zero-order chi connectivity index (χ0) is 9.26. The molecule has 70 valence electrons. The van der Waals surface area contributed by atoms with Gasteiger partial charge in [0.15, 0.2) is 0 Å².